The molecule has 218 valence electrons. The largest absolute Gasteiger partial charge is 0.416 e. The molecule has 0 aliphatic carbocycles. The molecule has 0 spiro atoms. The van der Waals surface area contributed by atoms with Gasteiger partial charge in [0.1, 0.15) is 5.78 Å². The summed E-state index contributed by atoms with van der Waals surface area (Å²) in [6, 6.07) is 8.05. The number of halogens is 7. The van der Waals surface area contributed by atoms with Crippen LogP contribution in [0.5, 0.6) is 0 Å². The van der Waals surface area contributed by atoms with E-state index in [2.05, 4.69) is 10.3 Å². The Bertz CT molecular complexity index is 1430. The third-order valence-electron chi connectivity index (χ3n) is 7.29. The van der Waals surface area contributed by atoms with Crippen molar-refractivity contribution in [1.29, 1.82) is 0 Å². The summed E-state index contributed by atoms with van der Waals surface area (Å²) in [4.78, 5) is 29.1. The molecular weight excluding hydrogens is 576 g/mol. The van der Waals surface area contributed by atoms with Crippen molar-refractivity contribution >= 4 is 29.1 Å². The van der Waals surface area contributed by atoms with E-state index in [0.717, 1.165) is 10.2 Å². The molecule has 3 aromatic rings. The van der Waals surface area contributed by atoms with Gasteiger partial charge in [0, 0.05) is 37.5 Å². The number of carbonyl (C=O) groups excluding carboxylic acids is 2. The minimum Gasteiger partial charge on any atom is -0.354 e. The highest BCUT2D eigenvalue weighted by atomic mass is 35.5. The molecule has 41 heavy (non-hydrogen) atoms. The van der Waals surface area contributed by atoms with Gasteiger partial charge in [-0.2, -0.15) is 26.3 Å². The summed E-state index contributed by atoms with van der Waals surface area (Å²) in [6.07, 6.45) is -8.38. The van der Waals surface area contributed by atoms with Crippen LogP contribution in [0.2, 0.25) is 5.02 Å². The van der Waals surface area contributed by atoms with Gasteiger partial charge < -0.3 is 9.80 Å². The molecule has 2 aromatic carbocycles. The second-order valence-electron chi connectivity index (χ2n) is 10.0. The number of piperidine rings is 1. The number of aromatic nitrogens is 3. The van der Waals surface area contributed by atoms with Crippen LogP contribution in [0.25, 0.3) is 0 Å². The molecule has 0 radical (unpaired) electrons. The predicted octanol–water partition coefficient (Wildman–Crippen LogP) is 6.16. The number of rotatable bonds is 5. The lowest BCUT2D eigenvalue weighted by Gasteiger charge is -2.30. The van der Waals surface area contributed by atoms with Gasteiger partial charge in [-0.25, -0.2) is 4.68 Å². The number of carbonyl (C=O) groups is 2. The maximum atomic E-state index is 13.9. The molecule has 3 heterocycles. The minimum atomic E-state index is -5.01. The Morgan fingerprint density at radius 1 is 0.951 bits per heavy atom. The standard InChI is InChI=1S/C27H24ClF6N5O2/c28-21-5-2-1-4-20(21)22-6-3-9-38(22)25(41)23-24(37-10-7-19(40)8-11-37)39(36-35-23)15-16-12-17(26(29,30)31)14-18(13-16)27(32,33)34/h1-2,4-5,12-14,22H,3,6-11,15H2. The zero-order valence-corrected chi connectivity index (χ0v) is 22.2. The van der Waals surface area contributed by atoms with Crippen LogP contribution in [0, 0.1) is 0 Å². The first-order valence-corrected chi connectivity index (χ1v) is 13.2. The molecule has 2 aliphatic rings. The van der Waals surface area contributed by atoms with Gasteiger partial charge in [-0.05, 0) is 48.2 Å². The van der Waals surface area contributed by atoms with E-state index in [-0.39, 0.29) is 60.9 Å². The summed E-state index contributed by atoms with van der Waals surface area (Å²) in [6.45, 7) is 0.261. The quantitative estimate of drug-likeness (QED) is 0.328. The molecule has 1 atom stereocenters. The SMILES string of the molecule is O=C1CCN(c2c(C(=O)N3CCCC3c3ccccc3Cl)nnn2Cc2cc(C(F)(F)F)cc(C(F)(F)F)c2)CC1. The van der Waals surface area contributed by atoms with Crippen molar-refractivity contribution in [2.24, 2.45) is 0 Å². The van der Waals surface area contributed by atoms with Crippen LogP contribution in [0.15, 0.2) is 42.5 Å². The van der Waals surface area contributed by atoms with Crippen molar-refractivity contribution in [3.05, 3.63) is 75.4 Å². The number of anilines is 1. The summed E-state index contributed by atoms with van der Waals surface area (Å²) in [5.41, 5.74) is -2.57. The first-order valence-electron chi connectivity index (χ1n) is 12.9. The van der Waals surface area contributed by atoms with Crippen LogP contribution in [0.4, 0.5) is 32.2 Å². The molecule has 1 amide bonds. The van der Waals surface area contributed by atoms with Crippen LogP contribution >= 0.6 is 11.6 Å². The van der Waals surface area contributed by atoms with Gasteiger partial charge in [-0.1, -0.05) is 35.0 Å². The first-order chi connectivity index (χ1) is 19.3. The van der Waals surface area contributed by atoms with E-state index in [1.54, 1.807) is 28.0 Å². The van der Waals surface area contributed by atoms with E-state index in [1.165, 1.54) is 0 Å². The summed E-state index contributed by atoms with van der Waals surface area (Å²) >= 11 is 6.40. The Morgan fingerprint density at radius 3 is 2.20 bits per heavy atom. The molecule has 2 fully saturated rings. The van der Waals surface area contributed by atoms with Crippen molar-refractivity contribution < 1.29 is 35.9 Å². The number of nitrogens with zero attached hydrogens (tertiary/aromatic N) is 5. The predicted molar refractivity (Wildman–Crippen MR) is 136 cm³/mol. The number of ketones is 1. The van der Waals surface area contributed by atoms with Crippen molar-refractivity contribution in [2.75, 3.05) is 24.5 Å². The van der Waals surface area contributed by atoms with Crippen LogP contribution in [-0.4, -0.2) is 51.2 Å². The lowest BCUT2D eigenvalue weighted by molar-refractivity contribution is -0.143. The molecule has 2 saturated heterocycles. The average Bonchev–Trinajstić information content (AvgIpc) is 3.56. The fourth-order valence-electron chi connectivity index (χ4n) is 5.33. The number of alkyl halides is 6. The maximum absolute atomic E-state index is 13.9. The van der Waals surface area contributed by atoms with Crippen LogP contribution in [0.1, 0.15) is 64.5 Å². The molecule has 0 saturated carbocycles. The number of hydrogen-bond donors (Lipinski definition) is 0. The molecule has 1 aromatic heterocycles. The third kappa shape index (κ3) is 6.04. The maximum Gasteiger partial charge on any atom is 0.416 e. The number of hydrogen-bond acceptors (Lipinski definition) is 5. The van der Waals surface area contributed by atoms with E-state index >= 15 is 0 Å². The molecular formula is C27H24ClF6N5O2. The molecule has 2 aliphatic heterocycles. The van der Waals surface area contributed by atoms with Gasteiger partial charge in [0.15, 0.2) is 11.5 Å². The van der Waals surface area contributed by atoms with Crippen molar-refractivity contribution in [1.82, 2.24) is 19.9 Å². The molecule has 0 bridgehead atoms. The lowest BCUT2D eigenvalue weighted by Crippen LogP contribution is -2.38. The molecule has 14 heteroatoms. The Morgan fingerprint density at radius 2 is 1.59 bits per heavy atom. The van der Waals surface area contributed by atoms with Gasteiger partial charge in [0.2, 0.25) is 0 Å². The number of benzene rings is 2. The van der Waals surface area contributed by atoms with Gasteiger partial charge in [-0.3, -0.25) is 9.59 Å². The van der Waals surface area contributed by atoms with Crippen molar-refractivity contribution in [3.63, 3.8) is 0 Å². The Hall–Kier alpha value is -3.61. The molecule has 7 nitrogen and oxygen atoms in total. The number of Topliss-reactive ketones (excluding diaryl/α,β-unsaturated/α-hetero) is 1. The fourth-order valence-corrected chi connectivity index (χ4v) is 5.59. The number of likely N-dealkylation sites (tertiary alicyclic amines) is 1. The summed E-state index contributed by atoms with van der Waals surface area (Å²) < 4.78 is 81.9. The van der Waals surface area contributed by atoms with E-state index in [0.29, 0.717) is 36.5 Å². The summed E-state index contributed by atoms with van der Waals surface area (Å²) in [7, 11) is 0. The van der Waals surface area contributed by atoms with E-state index in [9.17, 15) is 35.9 Å². The van der Waals surface area contributed by atoms with E-state index in [1.807, 2.05) is 6.07 Å². The van der Waals surface area contributed by atoms with Gasteiger partial charge in [-0.15, -0.1) is 5.10 Å². The van der Waals surface area contributed by atoms with Gasteiger partial charge in [0.05, 0.1) is 23.7 Å². The first kappa shape index (κ1) is 28.9. The topological polar surface area (TPSA) is 71.3 Å². The van der Waals surface area contributed by atoms with E-state index < -0.39 is 35.9 Å². The van der Waals surface area contributed by atoms with Crippen LogP contribution in [0.3, 0.4) is 0 Å². The zero-order valence-electron chi connectivity index (χ0n) is 21.5. The fraction of sp³-hybridized carbons (Fsp3) is 0.407. The van der Waals surface area contributed by atoms with Crippen molar-refractivity contribution in [3.8, 4) is 0 Å². The smallest absolute Gasteiger partial charge is 0.354 e. The summed E-state index contributed by atoms with van der Waals surface area (Å²) in [5.74, 6) is -0.358. The van der Waals surface area contributed by atoms with Gasteiger partial charge in [0.25, 0.3) is 5.91 Å². The summed E-state index contributed by atoms with van der Waals surface area (Å²) in [5, 5.41) is 8.55. The van der Waals surface area contributed by atoms with Gasteiger partial charge >= 0.3 is 12.4 Å². The molecule has 0 N–H and O–H groups in total. The third-order valence-corrected chi connectivity index (χ3v) is 7.63. The van der Waals surface area contributed by atoms with Crippen LogP contribution < -0.4 is 4.90 Å². The second-order valence-corrected chi connectivity index (χ2v) is 10.4. The molecule has 1 unspecified atom stereocenters. The highest BCUT2D eigenvalue weighted by Gasteiger charge is 2.39. The van der Waals surface area contributed by atoms with Crippen molar-refractivity contribution in [2.45, 2.75) is 50.6 Å². The monoisotopic (exact) mass is 599 g/mol. The highest BCUT2D eigenvalue weighted by Crippen LogP contribution is 2.39. The Balaban J connectivity index is 1.54. The normalized spacial score (nSPS) is 18.3. The molecule has 5 rings (SSSR count). The van der Waals surface area contributed by atoms with E-state index in [4.69, 9.17) is 11.6 Å². The minimum absolute atomic E-state index is 0.000764. The lowest BCUT2D eigenvalue weighted by atomic mass is 10.0. The average molecular weight is 600 g/mol. The number of amides is 1. The second kappa shape index (κ2) is 11.0. The Labute approximate surface area is 235 Å². The highest BCUT2D eigenvalue weighted by molar-refractivity contribution is 6.31. The van der Waals surface area contributed by atoms with Crippen LogP contribution in [-0.2, 0) is 23.7 Å². The Kier molecular flexibility index (Phi) is 7.75. The zero-order chi connectivity index (χ0) is 29.5.